The number of rotatable bonds is 4. The molecule has 0 aliphatic heterocycles. The van der Waals surface area contributed by atoms with Crippen LogP contribution in [-0.4, -0.2) is 14.5 Å². The van der Waals surface area contributed by atoms with Crippen molar-refractivity contribution in [2.45, 2.75) is 43.2 Å². The van der Waals surface area contributed by atoms with Gasteiger partial charge >= 0.3 is 0 Å². The van der Waals surface area contributed by atoms with E-state index in [4.69, 9.17) is 5.73 Å². The minimum Gasteiger partial charge on any atom is -0.326 e. The number of fused-ring (bicyclic) bond motifs is 2. The maximum atomic E-state index is 13.8. The molecule has 0 aromatic heterocycles. The molecule has 2 saturated carbocycles. The summed E-state index contributed by atoms with van der Waals surface area (Å²) in [6.07, 6.45) is 4.24. The number of nitrogens with two attached hydrogens (primary N) is 1. The summed E-state index contributed by atoms with van der Waals surface area (Å²) in [6, 6.07) is 3.95. The Labute approximate surface area is 118 Å². The van der Waals surface area contributed by atoms with E-state index < -0.39 is 15.8 Å². The monoisotopic (exact) mass is 298 g/mol. The van der Waals surface area contributed by atoms with E-state index >= 15 is 0 Å². The normalized spacial score (nSPS) is 29.0. The largest absolute Gasteiger partial charge is 0.326 e. The second-order valence-electron chi connectivity index (χ2n) is 5.87. The van der Waals surface area contributed by atoms with Gasteiger partial charge in [0.25, 0.3) is 0 Å². The fraction of sp³-hybridized carbons (Fsp3) is 0.571. The van der Waals surface area contributed by atoms with Crippen molar-refractivity contribution in [1.82, 2.24) is 4.72 Å². The van der Waals surface area contributed by atoms with Crippen molar-refractivity contribution in [1.29, 1.82) is 0 Å². The Kier molecular flexibility index (Phi) is 3.56. The summed E-state index contributed by atoms with van der Waals surface area (Å²) in [4.78, 5) is -0.289. The second kappa shape index (κ2) is 5.09. The fourth-order valence-electron chi connectivity index (χ4n) is 3.53. The molecule has 2 bridgehead atoms. The molecule has 2 fully saturated rings. The molecule has 0 amide bonds. The van der Waals surface area contributed by atoms with E-state index in [-0.39, 0.29) is 17.5 Å². The standard InChI is InChI=1S/C14H19FN2O2S/c15-12-4-2-10(8-16)7-14(12)20(18,19)17-13-6-9-1-3-11(13)5-9/h2,4,7,9,11,13,17H,1,3,5-6,8,16H2. The van der Waals surface area contributed by atoms with Gasteiger partial charge in [-0.2, -0.15) is 0 Å². The molecule has 3 unspecified atom stereocenters. The van der Waals surface area contributed by atoms with E-state index in [1.807, 2.05) is 0 Å². The molecule has 110 valence electrons. The third-order valence-corrected chi connectivity index (χ3v) is 6.07. The van der Waals surface area contributed by atoms with Gasteiger partial charge in [-0.25, -0.2) is 17.5 Å². The Hall–Kier alpha value is -0.980. The Morgan fingerprint density at radius 3 is 2.70 bits per heavy atom. The minimum atomic E-state index is -3.81. The molecule has 0 radical (unpaired) electrons. The van der Waals surface area contributed by atoms with Crippen LogP contribution in [0.4, 0.5) is 4.39 Å². The van der Waals surface area contributed by atoms with Gasteiger partial charge in [-0.3, -0.25) is 0 Å². The van der Waals surface area contributed by atoms with E-state index in [0.717, 1.165) is 25.3 Å². The lowest BCUT2D eigenvalue weighted by Crippen LogP contribution is -2.38. The molecule has 0 spiro atoms. The van der Waals surface area contributed by atoms with Crippen molar-refractivity contribution in [2.24, 2.45) is 17.6 Å². The number of halogens is 1. The van der Waals surface area contributed by atoms with Crippen molar-refractivity contribution >= 4 is 10.0 Å². The highest BCUT2D eigenvalue weighted by Gasteiger charge is 2.41. The Morgan fingerprint density at radius 2 is 2.10 bits per heavy atom. The van der Waals surface area contributed by atoms with Gasteiger partial charge in [-0.05, 0) is 48.8 Å². The minimum absolute atomic E-state index is 0.0420. The topological polar surface area (TPSA) is 72.2 Å². The highest BCUT2D eigenvalue weighted by Crippen LogP contribution is 2.44. The first-order chi connectivity index (χ1) is 9.49. The lowest BCUT2D eigenvalue weighted by atomic mass is 9.96. The van der Waals surface area contributed by atoms with Gasteiger partial charge in [0.15, 0.2) is 0 Å². The molecular formula is C14H19FN2O2S. The third-order valence-electron chi connectivity index (χ3n) is 4.57. The van der Waals surface area contributed by atoms with E-state index in [9.17, 15) is 12.8 Å². The summed E-state index contributed by atoms with van der Waals surface area (Å²) in [7, 11) is -3.81. The van der Waals surface area contributed by atoms with Crippen LogP contribution in [0, 0.1) is 17.7 Å². The van der Waals surface area contributed by atoms with Gasteiger partial charge in [0.1, 0.15) is 10.7 Å². The van der Waals surface area contributed by atoms with Gasteiger partial charge < -0.3 is 5.73 Å². The van der Waals surface area contributed by atoms with Crippen molar-refractivity contribution in [2.75, 3.05) is 0 Å². The van der Waals surface area contributed by atoms with Crippen LogP contribution < -0.4 is 10.5 Å². The zero-order valence-corrected chi connectivity index (χ0v) is 12.0. The van der Waals surface area contributed by atoms with Crippen LogP contribution in [0.3, 0.4) is 0 Å². The van der Waals surface area contributed by atoms with Crippen LogP contribution >= 0.6 is 0 Å². The molecule has 3 atom stereocenters. The smallest absolute Gasteiger partial charge is 0.243 e. The predicted octanol–water partition coefficient (Wildman–Crippen LogP) is 1.75. The molecule has 2 aliphatic rings. The first-order valence-corrected chi connectivity index (χ1v) is 8.49. The van der Waals surface area contributed by atoms with E-state index in [0.29, 0.717) is 17.4 Å². The molecule has 20 heavy (non-hydrogen) atoms. The third kappa shape index (κ3) is 2.47. The van der Waals surface area contributed by atoms with E-state index in [2.05, 4.69) is 4.72 Å². The molecule has 1 aromatic rings. The summed E-state index contributed by atoms with van der Waals surface area (Å²) in [6.45, 7) is 0.191. The quantitative estimate of drug-likeness (QED) is 0.889. The average Bonchev–Trinajstić information content (AvgIpc) is 3.01. The lowest BCUT2D eigenvalue weighted by molar-refractivity contribution is 0.389. The van der Waals surface area contributed by atoms with Crippen LogP contribution in [0.15, 0.2) is 23.1 Å². The van der Waals surface area contributed by atoms with Crippen LogP contribution in [0.1, 0.15) is 31.2 Å². The predicted molar refractivity (Wildman–Crippen MR) is 73.8 cm³/mol. The molecular weight excluding hydrogens is 279 g/mol. The Morgan fingerprint density at radius 1 is 1.30 bits per heavy atom. The Bertz CT molecular complexity index is 618. The van der Waals surface area contributed by atoms with Gasteiger partial charge in [0.05, 0.1) is 0 Å². The second-order valence-corrected chi connectivity index (χ2v) is 7.55. The zero-order chi connectivity index (χ0) is 14.3. The lowest BCUT2D eigenvalue weighted by Gasteiger charge is -2.23. The van der Waals surface area contributed by atoms with E-state index in [1.165, 1.54) is 18.6 Å². The summed E-state index contributed by atoms with van der Waals surface area (Å²) in [5.74, 6) is 0.321. The summed E-state index contributed by atoms with van der Waals surface area (Å²) >= 11 is 0. The van der Waals surface area contributed by atoms with Gasteiger partial charge in [0, 0.05) is 12.6 Å². The molecule has 0 heterocycles. The van der Waals surface area contributed by atoms with Crippen LogP contribution in [0.2, 0.25) is 0 Å². The van der Waals surface area contributed by atoms with Gasteiger partial charge in [0.2, 0.25) is 10.0 Å². The van der Waals surface area contributed by atoms with E-state index in [1.54, 1.807) is 0 Å². The highest BCUT2D eigenvalue weighted by molar-refractivity contribution is 7.89. The number of hydrogen-bond acceptors (Lipinski definition) is 3. The van der Waals surface area contributed by atoms with Crippen LogP contribution in [0.5, 0.6) is 0 Å². The van der Waals surface area contributed by atoms with Crippen molar-refractivity contribution in [3.05, 3.63) is 29.6 Å². The molecule has 1 aromatic carbocycles. The SMILES string of the molecule is NCc1ccc(F)c(S(=O)(=O)NC2CC3CCC2C3)c1. The molecule has 6 heteroatoms. The molecule has 4 nitrogen and oxygen atoms in total. The number of nitrogens with one attached hydrogen (secondary N) is 1. The number of sulfonamides is 1. The van der Waals surface area contributed by atoms with Crippen molar-refractivity contribution in [3.63, 3.8) is 0 Å². The first-order valence-electron chi connectivity index (χ1n) is 7.00. The summed E-state index contributed by atoms with van der Waals surface area (Å²) in [5, 5.41) is 0. The zero-order valence-electron chi connectivity index (χ0n) is 11.2. The number of hydrogen-bond donors (Lipinski definition) is 2. The molecule has 3 rings (SSSR count). The van der Waals surface area contributed by atoms with Gasteiger partial charge in [-0.15, -0.1) is 0 Å². The fourth-order valence-corrected chi connectivity index (χ4v) is 4.98. The molecule has 3 N–H and O–H groups in total. The number of benzene rings is 1. The van der Waals surface area contributed by atoms with Crippen molar-refractivity contribution < 1.29 is 12.8 Å². The van der Waals surface area contributed by atoms with Gasteiger partial charge in [-0.1, -0.05) is 12.5 Å². The molecule has 0 saturated heterocycles. The molecule has 2 aliphatic carbocycles. The summed E-state index contributed by atoms with van der Waals surface area (Å²) in [5.41, 5.74) is 6.10. The maximum Gasteiger partial charge on any atom is 0.243 e. The maximum absolute atomic E-state index is 13.8. The first kappa shape index (κ1) is 14.0. The highest BCUT2D eigenvalue weighted by atomic mass is 32.2. The van der Waals surface area contributed by atoms with Crippen LogP contribution in [-0.2, 0) is 16.6 Å². The van der Waals surface area contributed by atoms with Crippen molar-refractivity contribution in [3.8, 4) is 0 Å². The van der Waals surface area contributed by atoms with Crippen LogP contribution in [0.25, 0.3) is 0 Å². The Balaban J connectivity index is 1.84. The summed E-state index contributed by atoms with van der Waals surface area (Å²) < 4.78 is 41.2. The average molecular weight is 298 g/mol.